The van der Waals surface area contributed by atoms with E-state index in [1.807, 2.05) is 6.07 Å². The average molecular weight is 721 g/mol. The van der Waals surface area contributed by atoms with Crippen molar-refractivity contribution in [3.63, 3.8) is 0 Å². The van der Waals surface area contributed by atoms with Gasteiger partial charge in [-0.25, -0.2) is 0 Å². The Kier molecular flexibility index (Phi) is 25.4. The monoisotopic (exact) mass is 721 g/mol. The van der Waals surface area contributed by atoms with Crippen molar-refractivity contribution in [1.29, 1.82) is 0 Å². The minimum absolute atomic E-state index is 0.0210. The first kappa shape index (κ1) is 45.0. The Bertz CT molecular complexity index is 1270. The molecular formula is C46H72O6. The highest BCUT2D eigenvalue weighted by Gasteiger charge is 2.33. The summed E-state index contributed by atoms with van der Waals surface area (Å²) >= 11 is 0. The van der Waals surface area contributed by atoms with Crippen LogP contribution in [0, 0.1) is 0 Å². The van der Waals surface area contributed by atoms with Gasteiger partial charge < -0.3 is 18.9 Å². The Hall–Kier alpha value is -3.12. The van der Waals surface area contributed by atoms with Gasteiger partial charge >= 0.3 is 0 Å². The molecule has 0 radical (unpaired) electrons. The topological polar surface area (TPSA) is 71.1 Å². The van der Waals surface area contributed by atoms with E-state index in [1.165, 1.54) is 122 Å². The van der Waals surface area contributed by atoms with Gasteiger partial charge in [0.1, 0.15) is 11.5 Å². The van der Waals surface area contributed by atoms with Crippen molar-refractivity contribution >= 4 is 17.1 Å². The Morgan fingerprint density at radius 2 is 1.08 bits per heavy atom. The molecule has 1 aliphatic rings. The minimum Gasteiger partial charge on any atom is -0.497 e. The van der Waals surface area contributed by atoms with Crippen molar-refractivity contribution in [2.24, 2.45) is 0 Å². The summed E-state index contributed by atoms with van der Waals surface area (Å²) in [6.07, 6.45) is 38.0. The van der Waals surface area contributed by atoms with Crippen LogP contribution in [0.4, 0.5) is 0 Å². The number of hydrogen-bond acceptors (Lipinski definition) is 6. The second-order valence-electron chi connectivity index (χ2n) is 14.2. The predicted octanol–water partition coefficient (Wildman–Crippen LogP) is 12.8. The molecule has 0 aromatic heterocycles. The first-order chi connectivity index (χ1) is 25.5. The lowest BCUT2D eigenvalue weighted by Crippen LogP contribution is -2.21. The first-order valence-electron chi connectivity index (χ1n) is 20.7. The molecule has 0 fully saturated rings. The predicted molar refractivity (Wildman–Crippen MR) is 217 cm³/mol. The molecule has 6 heteroatoms. The zero-order valence-electron chi connectivity index (χ0n) is 33.7. The van der Waals surface area contributed by atoms with Crippen LogP contribution in [0.2, 0.25) is 0 Å². The van der Waals surface area contributed by atoms with Gasteiger partial charge in [-0.2, -0.15) is 0 Å². The number of hydrogen-bond donors (Lipinski definition) is 0. The van der Waals surface area contributed by atoms with Gasteiger partial charge in [0.25, 0.3) is 0 Å². The van der Waals surface area contributed by atoms with Crippen molar-refractivity contribution in [3.05, 3.63) is 65.0 Å². The Morgan fingerprint density at radius 1 is 0.577 bits per heavy atom. The van der Waals surface area contributed by atoms with E-state index in [0.29, 0.717) is 34.6 Å². The van der Waals surface area contributed by atoms with E-state index in [9.17, 15) is 9.59 Å². The summed E-state index contributed by atoms with van der Waals surface area (Å²) in [7, 11) is 4.67. The second kappa shape index (κ2) is 29.3. The number of methoxy groups -OCH3 is 3. The first-order valence-corrected chi connectivity index (χ1v) is 20.7. The lowest BCUT2D eigenvalue weighted by atomic mass is 9.82. The number of benzene rings is 1. The van der Waals surface area contributed by atoms with Crippen molar-refractivity contribution in [2.75, 3.05) is 28.1 Å². The van der Waals surface area contributed by atoms with Gasteiger partial charge in [-0.1, -0.05) is 128 Å². The van der Waals surface area contributed by atoms with Gasteiger partial charge in [-0.3, -0.25) is 9.59 Å². The highest BCUT2D eigenvalue weighted by atomic mass is 16.7. The van der Waals surface area contributed by atoms with E-state index in [4.69, 9.17) is 18.9 Å². The highest BCUT2D eigenvalue weighted by molar-refractivity contribution is 6.37. The van der Waals surface area contributed by atoms with Crippen molar-refractivity contribution in [3.8, 4) is 11.5 Å². The van der Waals surface area contributed by atoms with E-state index in [-0.39, 0.29) is 24.1 Å². The maximum absolute atomic E-state index is 13.9. The zero-order chi connectivity index (χ0) is 37.7. The summed E-state index contributed by atoms with van der Waals surface area (Å²) in [6, 6.07) is 3.80. The van der Waals surface area contributed by atoms with Crippen LogP contribution in [0.25, 0.3) is 5.57 Å². The van der Waals surface area contributed by atoms with E-state index in [1.54, 1.807) is 20.3 Å². The minimum atomic E-state index is -0.218. The third-order valence-electron chi connectivity index (χ3n) is 9.90. The fourth-order valence-corrected chi connectivity index (χ4v) is 6.84. The molecule has 52 heavy (non-hydrogen) atoms. The molecule has 0 atom stereocenters. The van der Waals surface area contributed by atoms with Gasteiger partial charge in [0.05, 0.1) is 14.2 Å². The molecule has 0 heterocycles. The van der Waals surface area contributed by atoms with Crippen LogP contribution in [0.15, 0.2) is 53.8 Å². The lowest BCUT2D eigenvalue weighted by molar-refractivity contribution is -0.117. The molecule has 292 valence electrons. The maximum Gasteiger partial charge on any atom is 0.224 e. The Morgan fingerprint density at radius 3 is 1.58 bits per heavy atom. The number of ether oxygens (including phenoxy) is 4. The number of aryl methyl sites for hydroxylation is 1. The maximum atomic E-state index is 13.9. The van der Waals surface area contributed by atoms with Crippen molar-refractivity contribution in [1.82, 2.24) is 0 Å². The number of rotatable bonds is 32. The molecule has 0 unspecified atom stereocenters. The summed E-state index contributed by atoms with van der Waals surface area (Å²) in [5.41, 5.74) is 2.61. The Labute approximate surface area is 317 Å². The summed E-state index contributed by atoms with van der Waals surface area (Å²) in [5.74, 6) is 0.840. The zero-order valence-corrected chi connectivity index (χ0v) is 33.7. The van der Waals surface area contributed by atoms with E-state index in [0.717, 1.165) is 44.1 Å². The summed E-state index contributed by atoms with van der Waals surface area (Å²) in [4.78, 5) is 27.7. The summed E-state index contributed by atoms with van der Waals surface area (Å²) in [5, 5.41) is 0. The largest absolute Gasteiger partial charge is 0.497 e. The molecule has 1 aromatic rings. The van der Waals surface area contributed by atoms with Crippen LogP contribution in [0.1, 0.15) is 173 Å². The van der Waals surface area contributed by atoms with Crippen LogP contribution >= 0.6 is 0 Å². The summed E-state index contributed by atoms with van der Waals surface area (Å²) in [6.45, 7) is 4.49. The Balaban J connectivity index is 2.09. The number of carbonyl (C=O) groups excluding carboxylic acids is 2. The molecule has 0 spiro atoms. The van der Waals surface area contributed by atoms with Crippen LogP contribution < -0.4 is 9.47 Å². The number of Topliss-reactive ketones (excluding diaryl/α,β-unsaturated/α-hetero) is 1. The van der Waals surface area contributed by atoms with Gasteiger partial charge in [-0.05, 0) is 75.8 Å². The van der Waals surface area contributed by atoms with E-state index >= 15 is 0 Å². The van der Waals surface area contributed by atoms with Gasteiger partial charge in [0, 0.05) is 36.0 Å². The fraction of sp³-hybridized carbons (Fsp3) is 0.652. The van der Waals surface area contributed by atoms with Crippen molar-refractivity contribution in [2.45, 2.75) is 168 Å². The average Bonchev–Trinajstić information content (AvgIpc) is 3.15. The van der Waals surface area contributed by atoms with E-state index in [2.05, 4.69) is 38.2 Å². The molecule has 1 aliphatic carbocycles. The molecule has 0 saturated heterocycles. The number of carbonyl (C=O) groups is 2. The molecular weight excluding hydrogens is 649 g/mol. The number of ketones is 2. The molecule has 0 amide bonds. The van der Waals surface area contributed by atoms with Gasteiger partial charge in [-0.15, -0.1) is 0 Å². The van der Waals surface area contributed by atoms with Crippen LogP contribution in [0.5, 0.6) is 11.5 Å². The smallest absolute Gasteiger partial charge is 0.224 e. The third kappa shape index (κ3) is 17.6. The normalized spacial score (nSPS) is 13.5. The van der Waals surface area contributed by atoms with Crippen LogP contribution in [0.3, 0.4) is 0 Å². The van der Waals surface area contributed by atoms with E-state index < -0.39 is 0 Å². The third-order valence-corrected chi connectivity index (χ3v) is 9.90. The second-order valence-corrected chi connectivity index (χ2v) is 14.2. The molecule has 0 N–H and O–H groups in total. The fourth-order valence-electron chi connectivity index (χ4n) is 6.84. The van der Waals surface area contributed by atoms with Gasteiger partial charge in [0.2, 0.25) is 5.78 Å². The molecule has 6 nitrogen and oxygen atoms in total. The molecule has 2 rings (SSSR count). The standard InChI is InChI=1S/C46H72O6/c1-6-8-10-12-14-16-18-20-22-24-26-28-30-32-38-34-39(50-4)35-42(52-37-49-3)44(38)45-40(46(48)43(51-5)36-41(45)47)33-31-29-27-25-23-21-19-17-15-13-11-9-7-2/h12-15,34-36H,6-11,16-33,37H2,1-5H3/b14-12+,15-13+. The SMILES string of the molecule is CCCC/C=C/CCCCCCCCCC1=C(c2c(CCCCCCCCC/C=C/CCCC)cc(OC)cc2OCOC)C(=O)C=C(OC)C1=O. The molecule has 0 aliphatic heterocycles. The van der Waals surface area contributed by atoms with Gasteiger partial charge in [0.15, 0.2) is 18.3 Å². The molecule has 1 aromatic carbocycles. The highest BCUT2D eigenvalue weighted by Crippen LogP contribution is 2.41. The molecule has 0 bridgehead atoms. The quantitative estimate of drug-likeness (QED) is 0.0319. The molecule has 0 saturated carbocycles. The number of unbranched alkanes of at least 4 members (excludes halogenated alkanes) is 18. The van der Waals surface area contributed by atoms with Crippen LogP contribution in [-0.2, 0) is 25.5 Å². The summed E-state index contributed by atoms with van der Waals surface area (Å²) < 4.78 is 22.4. The lowest BCUT2D eigenvalue weighted by Gasteiger charge is -2.23. The van der Waals surface area contributed by atoms with Crippen LogP contribution in [-0.4, -0.2) is 39.7 Å². The number of allylic oxidation sites excluding steroid dienone is 7. The van der Waals surface area contributed by atoms with Crippen molar-refractivity contribution < 1.29 is 28.5 Å².